The summed E-state index contributed by atoms with van der Waals surface area (Å²) in [5.74, 6) is -0.277. The summed E-state index contributed by atoms with van der Waals surface area (Å²) in [6.07, 6.45) is 4.07. The second kappa shape index (κ2) is 5.46. The van der Waals surface area contributed by atoms with Crippen molar-refractivity contribution < 1.29 is 13.2 Å². The van der Waals surface area contributed by atoms with E-state index in [2.05, 4.69) is 21.2 Å². The van der Waals surface area contributed by atoms with Crippen LogP contribution in [0.15, 0.2) is 27.6 Å². The monoisotopic (exact) mass is 360 g/mol. The lowest BCUT2D eigenvalue weighted by Gasteiger charge is -2.25. The molecule has 1 aromatic rings. The first-order valence-corrected chi connectivity index (χ1v) is 8.69. The molecule has 2 rings (SSSR count). The summed E-state index contributed by atoms with van der Waals surface area (Å²) in [6, 6.07) is 4.26. The van der Waals surface area contributed by atoms with Gasteiger partial charge in [0.05, 0.1) is 4.90 Å². The van der Waals surface area contributed by atoms with Gasteiger partial charge >= 0.3 is 0 Å². The van der Waals surface area contributed by atoms with Crippen LogP contribution in [0.2, 0.25) is 0 Å². The number of benzene rings is 1. The molecular formula is C13H17BrN2O3S. The van der Waals surface area contributed by atoms with Gasteiger partial charge in [0.1, 0.15) is 0 Å². The van der Waals surface area contributed by atoms with Gasteiger partial charge in [-0.25, -0.2) is 13.6 Å². The number of nitrogens with one attached hydrogen (secondary N) is 1. The molecule has 1 saturated carbocycles. The van der Waals surface area contributed by atoms with Crippen molar-refractivity contribution in [2.45, 2.75) is 43.0 Å². The van der Waals surface area contributed by atoms with Gasteiger partial charge in [-0.2, -0.15) is 0 Å². The van der Waals surface area contributed by atoms with Crippen molar-refractivity contribution in [3.05, 3.63) is 28.2 Å². The molecular weight excluding hydrogens is 344 g/mol. The Hall–Kier alpha value is -0.920. The van der Waals surface area contributed by atoms with Crippen molar-refractivity contribution in [3.63, 3.8) is 0 Å². The maximum absolute atomic E-state index is 12.3. The molecule has 1 aliphatic carbocycles. The SMILES string of the molecule is CC1(NC(=O)c2cc(Br)cc(S(N)(=O)=O)c2)CCCC1. The predicted molar refractivity (Wildman–Crippen MR) is 79.9 cm³/mol. The standard InChI is InChI=1S/C13H17BrN2O3S/c1-13(4-2-3-5-13)16-12(17)9-6-10(14)8-11(7-9)20(15,18)19/h6-8H,2-5H2,1H3,(H,16,17)(H2,15,18,19). The minimum Gasteiger partial charge on any atom is -0.347 e. The van der Waals surface area contributed by atoms with Gasteiger partial charge in [0, 0.05) is 15.6 Å². The molecule has 20 heavy (non-hydrogen) atoms. The van der Waals surface area contributed by atoms with E-state index in [1.807, 2.05) is 6.92 Å². The van der Waals surface area contributed by atoms with Crippen LogP contribution >= 0.6 is 15.9 Å². The molecule has 0 bridgehead atoms. The minimum atomic E-state index is -3.83. The number of sulfonamides is 1. The summed E-state index contributed by atoms with van der Waals surface area (Å²) in [6.45, 7) is 2.01. The first-order valence-electron chi connectivity index (χ1n) is 6.36. The van der Waals surface area contributed by atoms with Gasteiger partial charge in [-0.3, -0.25) is 4.79 Å². The van der Waals surface area contributed by atoms with Crippen molar-refractivity contribution in [1.82, 2.24) is 5.32 Å². The summed E-state index contributed by atoms with van der Waals surface area (Å²) in [7, 11) is -3.83. The van der Waals surface area contributed by atoms with E-state index in [9.17, 15) is 13.2 Å². The normalized spacial score (nSPS) is 17.9. The number of hydrogen-bond donors (Lipinski definition) is 2. The van der Waals surface area contributed by atoms with Crippen molar-refractivity contribution >= 4 is 31.9 Å². The van der Waals surface area contributed by atoms with Gasteiger partial charge in [-0.15, -0.1) is 0 Å². The molecule has 0 aliphatic heterocycles. The molecule has 0 heterocycles. The summed E-state index contributed by atoms with van der Waals surface area (Å²) in [5, 5.41) is 8.09. The average molecular weight is 361 g/mol. The van der Waals surface area contributed by atoms with Crippen LogP contribution in [0.25, 0.3) is 0 Å². The number of nitrogens with two attached hydrogens (primary N) is 1. The number of rotatable bonds is 3. The van der Waals surface area contributed by atoms with Gasteiger partial charge in [-0.1, -0.05) is 28.8 Å². The lowest BCUT2D eigenvalue weighted by Crippen LogP contribution is -2.43. The van der Waals surface area contributed by atoms with Crippen LogP contribution in [0, 0.1) is 0 Å². The average Bonchev–Trinajstić information content (AvgIpc) is 2.73. The number of carbonyl (C=O) groups excluding carboxylic acids is 1. The molecule has 1 aromatic carbocycles. The van der Waals surface area contributed by atoms with E-state index in [-0.39, 0.29) is 21.9 Å². The van der Waals surface area contributed by atoms with Gasteiger partial charge in [0.2, 0.25) is 10.0 Å². The van der Waals surface area contributed by atoms with E-state index in [1.165, 1.54) is 12.1 Å². The molecule has 1 fully saturated rings. The molecule has 0 atom stereocenters. The molecule has 5 nitrogen and oxygen atoms in total. The second-order valence-corrected chi connectivity index (χ2v) is 7.92. The van der Waals surface area contributed by atoms with Crippen molar-refractivity contribution in [1.29, 1.82) is 0 Å². The maximum Gasteiger partial charge on any atom is 0.251 e. The topological polar surface area (TPSA) is 89.3 Å². The third-order valence-corrected chi connectivity index (χ3v) is 4.94. The maximum atomic E-state index is 12.3. The molecule has 110 valence electrons. The highest BCUT2D eigenvalue weighted by atomic mass is 79.9. The highest BCUT2D eigenvalue weighted by molar-refractivity contribution is 9.10. The first-order chi connectivity index (χ1) is 9.20. The first kappa shape index (κ1) is 15.5. The zero-order chi connectivity index (χ0) is 15.0. The van der Waals surface area contributed by atoms with Gasteiger partial charge in [0.15, 0.2) is 0 Å². The molecule has 3 N–H and O–H groups in total. The Balaban J connectivity index is 2.28. The molecule has 0 aromatic heterocycles. The molecule has 1 amide bonds. The highest BCUT2D eigenvalue weighted by Gasteiger charge is 2.30. The van der Waals surface area contributed by atoms with E-state index >= 15 is 0 Å². The quantitative estimate of drug-likeness (QED) is 0.865. The highest BCUT2D eigenvalue weighted by Crippen LogP contribution is 2.29. The van der Waals surface area contributed by atoms with Gasteiger partial charge in [-0.05, 0) is 38.0 Å². The van der Waals surface area contributed by atoms with Crippen LogP contribution < -0.4 is 10.5 Å². The fourth-order valence-corrected chi connectivity index (χ4v) is 3.71. The lowest BCUT2D eigenvalue weighted by atomic mass is 10.00. The molecule has 0 radical (unpaired) electrons. The summed E-state index contributed by atoms with van der Waals surface area (Å²) >= 11 is 3.20. The van der Waals surface area contributed by atoms with E-state index in [0.29, 0.717) is 4.47 Å². The molecule has 0 spiro atoms. The van der Waals surface area contributed by atoms with Crippen LogP contribution in [-0.4, -0.2) is 19.9 Å². The number of halogens is 1. The van der Waals surface area contributed by atoms with Crippen LogP contribution in [0.3, 0.4) is 0 Å². The number of primary sulfonamides is 1. The Labute approximate surface area is 127 Å². The van der Waals surface area contributed by atoms with Gasteiger partial charge < -0.3 is 5.32 Å². The van der Waals surface area contributed by atoms with E-state index < -0.39 is 10.0 Å². The molecule has 1 aliphatic rings. The fraction of sp³-hybridized carbons (Fsp3) is 0.462. The summed E-state index contributed by atoms with van der Waals surface area (Å²) in [4.78, 5) is 12.2. The lowest BCUT2D eigenvalue weighted by molar-refractivity contribution is 0.0908. The Bertz CT molecular complexity index is 637. The summed E-state index contributed by atoms with van der Waals surface area (Å²) in [5.41, 5.74) is 0.0813. The van der Waals surface area contributed by atoms with Crippen molar-refractivity contribution in [3.8, 4) is 0 Å². The minimum absolute atomic E-state index is 0.0754. The van der Waals surface area contributed by atoms with E-state index in [4.69, 9.17) is 5.14 Å². The Morgan fingerprint density at radius 3 is 2.45 bits per heavy atom. The third-order valence-electron chi connectivity index (χ3n) is 3.58. The van der Waals surface area contributed by atoms with E-state index in [1.54, 1.807) is 6.07 Å². The Morgan fingerprint density at radius 1 is 1.30 bits per heavy atom. The van der Waals surface area contributed by atoms with Crippen molar-refractivity contribution in [2.24, 2.45) is 5.14 Å². The zero-order valence-corrected chi connectivity index (χ0v) is 13.6. The van der Waals surface area contributed by atoms with Crippen LogP contribution in [0.5, 0.6) is 0 Å². The second-order valence-electron chi connectivity index (χ2n) is 5.44. The number of amides is 1. The zero-order valence-electron chi connectivity index (χ0n) is 11.1. The molecule has 7 heteroatoms. The number of carbonyl (C=O) groups is 1. The Kier molecular flexibility index (Phi) is 4.22. The number of hydrogen-bond acceptors (Lipinski definition) is 3. The van der Waals surface area contributed by atoms with Gasteiger partial charge in [0.25, 0.3) is 5.91 Å². The van der Waals surface area contributed by atoms with Crippen LogP contribution in [-0.2, 0) is 10.0 Å². The molecule has 0 saturated heterocycles. The fourth-order valence-electron chi connectivity index (χ4n) is 2.48. The molecule has 0 unspecified atom stereocenters. The van der Waals surface area contributed by atoms with Crippen LogP contribution in [0.4, 0.5) is 0 Å². The third kappa shape index (κ3) is 3.59. The van der Waals surface area contributed by atoms with Crippen LogP contribution in [0.1, 0.15) is 43.0 Å². The van der Waals surface area contributed by atoms with E-state index in [0.717, 1.165) is 25.7 Å². The summed E-state index contributed by atoms with van der Waals surface area (Å²) < 4.78 is 23.3. The predicted octanol–water partition coefficient (Wildman–Crippen LogP) is 2.16. The smallest absolute Gasteiger partial charge is 0.251 e. The van der Waals surface area contributed by atoms with Crippen molar-refractivity contribution in [2.75, 3.05) is 0 Å². The Morgan fingerprint density at radius 2 is 1.90 bits per heavy atom. The largest absolute Gasteiger partial charge is 0.347 e.